The molecule has 3 N–H and O–H groups in total. The van der Waals surface area contributed by atoms with Crippen LogP contribution in [0.4, 0.5) is 10.5 Å². The molecule has 30 heavy (non-hydrogen) atoms. The zero-order valence-electron chi connectivity index (χ0n) is 17.8. The van der Waals surface area contributed by atoms with E-state index in [4.69, 9.17) is 4.74 Å². The SMILES string of the molecule is CNC(=O)Cc1ccc(NC(=O)NCC2(c3ccc(OC)cc3)CCCCC2)cc1. The molecule has 2 aromatic rings. The average Bonchev–Trinajstić information content (AvgIpc) is 2.79. The van der Waals surface area contributed by atoms with E-state index in [9.17, 15) is 9.59 Å². The van der Waals surface area contributed by atoms with Crippen molar-refractivity contribution in [3.05, 3.63) is 59.7 Å². The molecule has 0 saturated heterocycles. The fourth-order valence-electron chi connectivity index (χ4n) is 4.15. The molecule has 3 rings (SSSR count). The Bertz CT molecular complexity index is 841. The Morgan fingerprint density at radius 3 is 2.23 bits per heavy atom. The number of nitrogens with one attached hydrogen (secondary N) is 3. The van der Waals surface area contributed by atoms with Gasteiger partial charge in [0.05, 0.1) is 13.5 Å². The number of carbonyl (C=O) groups excluding carboxylic acids is 2. The predicted octanol–water partition coefficient (Wildman–Crippen LogP) is 4.01. The molecule has 1 fully saturated rings. The smallest absolute Gasteiger partial charge is 0.319 e. The molecular formula is C24H31N3O3. The van der Waals surface area contributed by atoms with Crippen LogP contribution in [-0.4, -0.2) is 32.6 Å². The summed E-state index contributed by atoms with van der Waals surface area (Å²) in [6.45, 7) is 0.597. The molecule has 3 amide bonds. The molecule has 0 heterocycles. The van der Waals surface area contributed by atoms with Gasteiger partial charge in [-0.15, -0.1) is 0 Å². The summed E-state index contributed by atoms with van der Waals surface area (Å²) >= 11 is 0. The Labute approximate surface area is 178 Å². The first-order valence-electron chi connectivity index (χ1n) is 10.5. The van der Waals surface area contributed by atoms with Crippen LogP contribution in [0.3, 0.4) is 0 Å². The normalized spacial score (nSPS) is 15.1. The van der Waals surface area contributed by atoms with E-state index in [1.54, 1.807) is 14.2 Å². The van der Waals surface area contributed by atoms with Gasteiger partial charge in [-0.25, -0.2) is 4.79 Å². The van der Waals surface area contributed by atoms with Gasteiger partial charge in [0.25, 0.3) is 0 Å². The van der Waals surface area contributed by atoms with Gasteiger partial charge in [-0.05, 0) is 48.2 Å². The van der Waals surface area contributed by atoms with Crippen LogP contribution in [0.15, 0.2) is 48.5 Å². The zero-order valence-corrected chi connectivity index (χ0v) is 17.8. The second kappa shape index (κ2) is 10.1. The molecule has 0 aromatic heterocycles. The molecule has 0 bridgehead atoms. The Morgan fingerprint density at radius 1 is 0.967 bits per heavy atom. The zero-order chi connectivity index (χ0) is 21.4. The molecule has 2 aromatic carbocycles. The Kier molecular flexibility index (Phi) is 7.33. The van der Waals surface area contributed by atoms with Crippen molar-refractivity contribution in [2.24, 2.45) is 0 Å². The predicted molar refractivity (Wildman–Crippen MR) is 119 cm³/mol. The van der Waals surface area contributed by atoms with Crippen LogP contribution in [0.25, 0.3) is 0 Å². The summed E-state index contributed by atoms with van der Waals surface area (Å²) in [6.07, 6.45) is 6.03. The maximum absolute atomic E-state index is 12.5. The summed E-state index contributed by atoms with van der Waals surface area (Å²) < 4.78 is 5.29. The van der Waals surface area contributed by atoms with Crippen LogP contribution in [0.5, 0.6) is 5.75 Å². The first kappa shape index (κ1) is 21.7. The van der Waals surface area contributed by atoms with E-state index < -0.39 is 0 Å². The number of amides is 3. The summed E-state index contributed by atoms with van der Waals surface area (Å²) in [4.78, 5) is 24.0. The van der Waals surface area contributed by atoms with Gasteiger partial charge in [-0.3, -0.25) is 4.79 Å². The lowest BCUT2D eigenvalue weighted by Gasteiger charge is -2.38. The standard InChI is InChI=1S/C24H31N3O3/c1-25-22(28)16-18-6-10-20(11-7-18)27-23(29)26-17-24(14-4-3-5-15-24)19-8-12-21(30-2)13-9-19/h6-13H,3-5,14-17H2,1-2H3,(H,25,28)(H2,26,27,29). The van der Waals surface area contributed by atoms with Gasteiger partial charge >= 0.3 is 6.03 Å². The molecule has 0 radical (unpaired) electrons. The largest absolute Gasteiger partial charge is 0.497 e. The maximum Gasteiger partial charge on any atom is 0.319 e. The summed E-state index contributed by atoms with van der Waals surface area (Å²) in [5.74, 6) is 0.806. The number of methoxy groups -OCH3 is 1. The topological polar surface area (TPSA) is 79.5 Å². The van der Waals surface area contributed by atoms with Gasteiger partial charge in [0.15, 0.2) is 0 Å². The Hall–Kier alpha value is -3.02. The van der Waals surface area contributed by atoms with Gasteiger partial charge < -0.3 is 20.7 Å². The highest BCUT2D eigenvalue weighted by Gasteiger charge is 2.34. The molecule has 0 atom stereocenters. The number of rotatable bonds is 7. The van der Waals surface area contributed by atoms with E-state index >= 15 is 0 Å². The second-order valence-electron chi connectivity index (χ2n) is 7.92. The van der Waals surface area contributed by atoms with Gasteiger partial charge in [-0.2, -0.15) is 0 Å². The van der Waals surface area contributed by atoms with Crippen molar-refractivity contribution >= 4 is 17.6 Å². The van der Waals surface area contributed by atoms with Gasteiger partial charge in [0.1, 0.15) is 5.75 Å². The minimum Gasteiger partial charge on any atom is -0.497 e. The van der Waals surface area contributed by atoms with Crippen molar-refractivity contribution in [1.82, 2.24) is 10.6 Å². The highest BCUT2D eigenvalue weighted by molar-refractivity contribution is 5.89. The van der Waals surface area contributed by atoms with E-state index in [0.717, 1.165) is 24.2 Å². The van der Waals surface area contributed by atoms with E-state index in [-0.39, 0.29) is 17.4 Å². The van der Waals surface area contributed by atoms with E-state index in [2.05, 4.69) is 28.1 Å². The maximum atomic E-state index is 12.5. The third kappa shape index (κ3) is 5.53. The lowest BCUT2D eigenvalue weighted by atomic mass is 9.69. The fraction of sp³-hybridized carbons (Fsp3) is 0.417. The number of anilines is 1. The lowest BCUT2D eigenvalue weighted by Crippen LogP contribution is -2.43. The second-order valence-corrected chi connectivity index (χ2v) is 7.92. The fourth-order valence-corrected chi connectivity index (χ4v) is 4.15. The lowest BCUT2D eigenvalue weighted by molar-refractivity contribution is -0.119. The van der Waals surface area contributed by atoms with Crippen LogP contribution in [-0.2, 0) is 16.6 Å². The molecule has 1 aliphatic rings. The van der Waals surface area contributed by atoms with E-state index in [1.165, 1.54) is 24.8 Å². The van der Waals surface area contributed by atoms with Crippen molar-refractivity contribution in [3.8, 4) is 5.75 Å². The van der Waals surface area contributed by atoms with Gasteiger partial charge in [0, 0.05) is 24.7 Å². The van der Waals surface area contributed by atoms with E-state index in [1.807, 2.05) is 36.4 Å². The van der Waals surface area contributed by atoms with Crippen molar-refractivity contribution in [2.75, 3.05) is 26.0 Å². The highest BCUT2D eigenvalue weighted by atomic mass is 16.5. The summed E-state index contributed by atoms with van der Waals surface area (Å²) in [6, 6.07) is 15.3. The van der Waals surface area contributed by atoms with Crippen molar-refractivity contribution in [3.63, 3.8) is 0 Å². The number of carbonyl (C=O) groups is 2. The number of benzene rings is 2. The van der Waals surface area contributed by atoms with Crippen molar-refractivity contribution < 1.29 is 14.3 Å². The number of likely N-dealkylation sites (N-methyl/N-ethyl adjacent to an activating group) is 1. The Balaban J connectivity index is 1.61. The van der Waals surface area contributed by atoms with Crippen molar-refractivity contribution in [2.45, 2.75) is 43.9 Å². The molecule has 6 heteroatoms. The number of urea groups is 1. The monoisotopic (exact) mass is 409 g/mol. The van der Waals surface area contributed by atoms with Crippen LogP contribution in [0, 0.1) is 0 Å². The summed E-state index contributed by atoms with van der Waals surface area (Å²) in [5, 5.41) is 8.58. The van der Waals surface area contributed by atoms with Crippen LogP contribution < -0.4 is 20.7 Å². The summed E-state index contributed by atoms with van der Waals surface area (Å²) in [7, 11) is 3.29. The van der Waals surface area contributed by atoms with E-state index in [0.29, 0.717) is 18.7 Å². The molecule has 1 saturated carbocycles. The van der Waals surface area contributed by atoms with Gasteiger partial charge in [0.2, 0.25) is 5.91 Å². The Morgan fingerprint density at radius 2 is 1.63 bits per heavy atom. The van der Waals surface area contributed by atoms with Crippen LogP contribution in [0.2, 0.25) is 0 Å². The summed E-state index contributed by atoms with van der Waals surface area (Å²) in [5.41, 5.74) is 2.82. The molecule has 6 nitrogen and oxygen atoms in total. The molecule has 160 valence electrons. The number of ether oxygens (including phenoxy) is 1. The first-order valence-corrected chi connectivity index (χ1v) is 10.5. The van der Waals surface area contributed by atoms with Crippen molar-refractivity contribution in [1.29, 1.82) is 0 Å². The molecule has 0 unspecified atom stereocenters. The third-order valence-corrected chi connectivity index (χ3v) is 5.96. The minimum atomic E-state index is -0.215. The highest BCUT2D eigenvalue weighted by Crippen LogP contribution is 2.39. The molecular weight excluding hydrogens is 378 g/mol. The average molecular weight is 410 g/mol. The van der Waals surface area contributed by atoms with Crippen LogP contribution >= 0.6 is 0 Å². The van der Waals surface area contributed by atoms with Crippen LogP contribution in [0.1, 0.15) is 43.2 Å². The number of hydrogen-bond acceptors (Lipinski definition) is 3. The quantitative estimate of drug-likeness (QED) is 0.646. The minimum absolute atomic E-state index is 0.0373. The molecule has 0 aliphatic heterocycles. The molecule has 1 aliphatic carbocycles. The number of hydrogen-bond donors (Lipinski definition) is 3. The third-order valence-electron chi connectivity index (χ3n) is 5.96. The van der Waals surface area contributed by atoms with Gasteiger partial charge in [-0.1, -0.05) is 43.5 Å². The molecule has 0 spiro atoms. The first-order chi connectivity index (χ1) is 14.5.